The SMILES string of the molecule is C=C(CC(C)(C)CN(C)C)C(=O)OC=C(C)C(=O)O. The lowest BCUT2D eigenvalue weighted by molar-refractivity contribution is -0.134. The van der Waals surface area contributed by atoms with Crippen molar-refractivity contribution in [3.8, 4) is 0 Å². The number of carboxylic acids is 1. The second-order valence-corrected chi connectivity index (χ2v) is 5.69. The Bertz CT molecular complexity index is 394. The molecule has 0 saturated heterocycles. The van der Waals surface area contributed by atoms with Gasteiger partial charge in [-0.15, -0.1) is 0 Å². The molecule has 0 radical (unpaired) electrons. The largest absolute Gasteiger partial charge is 0.478 e. The van der Waals surface area contributed by atoms with E-state index in [9.17, 15) is 9.59 Å². The van der Waals surface area contributed by atoms with Gasteiger partial charge in [-0.1, -0.05) is 20.4 Å². The Labute approximate surface area is 114 Å². The first-order valence-corrected chi connectivity index (χ1v) is 5.99. The number of esters is 1. The van der Waals surface area contributed by atoms with Crippen molar-refractivity contribution in [1.82, 2.24) is 4.90 Å². The quantitative estimate of drug-likeness (QED) is 0.435. The molecule has 0 heterocycles. The molecule has 19 heavy (non-hydrogen) atoms. The van der Waals surface area contributed by atoms with Crippen LogP contribution in [0.3, 0.4) is 0 Å². The third kappa shape index (κ3) is 7.41. The van der Waals surface area contributed by atoms with E-state index in [1.807, 2.05) is 32.8 Å². The van der Waals surface area contributed by atoms with Crippen molar-refractivity contribution in [2.45, 2.75) is 27.2 Å². The van der Waals surface area contributed by atoms with Gasteiger partial charge in [0, 0.05) is 12.1 Å². The number of carbonyl (C=O) groups is 2. The lowest BCUT2D eigenvalue weighted by atomic mass is 9.85. The van der Waals surface area contributed by atoms with E-state index in [1.54, 1.807) is 0 Å². The lowest BCUT2D eigenvalue weighted by Crippen LogP contribution is -2.29. The van der Waals surface area contributed by atoms with Gasteiger partial charge in [-0.3, -0.25) is 0 Å². The molecule has 0 atom stereocenters. The molecule has 1 N–H and O–H groups in total. The summed E-state index contributed by atoms with van der Waals surface area (Å²) in [5.74, 6) is -1.71. The molecule has 0 aliphatic carbocycles. The van der Waals surface area contributed by atoms with Crippen LogP contribution in [0.15, 0.2) is 24.0 Å². The van der Waals surface area contributed by atoms with E-state index in [1.165, 1.54) is 6.92 Å². The molecule has 0 amide bonds. The normalized spacial score (nSPS) is 12.4. The molecule has 0 rings (SSSR count). The Balaban J connectivity index is 4.48. The van der Waals surface area contributed by atoms with E-state index in [4.69, 9.17) is 9.84 Å². The molecule has 5 nitrogen and oxygen atoms in total. The van der Waals surface area contributed by atoms with Gasteiger partial charge >= 0.3 is 11.9 Å². The second-order valence-electron chi connectivity index (χ2n) is 5.69. The van der Waals surface area contributed by atoms with Crippen LogP contribution in [0.1, 0.15) is 27.2 Å². The highest BCUT2D eigenvalue weighted by atomic mass is 16.5. The molecular formula is C14H23NO4. The predicted molar refractivity (Wildman–Crippen MR) is 73.6 cm³/mol. The van der Waals surface area contributed by atoms with Gasteiger partial charge in [-0.05, 0) is 32.9 Å². The van der Waals surface area contributed by atoms with Crippen molar-refractivity contribution >= 4 is 11.9 Å². The second kappa shape index (κ2) is 7.09. The number of aliphatic carboxylic acids is 1. The van der Waals surface area contributed by atoms with Crippen LogP contribution in [0.25, 0.3) is 0 Å². The van der Waals surface area contributed by atoms with Crippen LogP contribution in [0, 0.1) is 5.41 Å². The molecule has 0 aromatic heterocycles. The fourth-order valence-electron chi connectivity index (χ4n) is 1.84. The van der Waals surface area contributed by atoms with Crippen LogP contribution in [-0.4, -0.2) is 42.6 Å². The molecule has 0 aromatic carbocycles. The summed E-state index contributed by atoms with van der Waals surface area (Å²) < 4.78 is 4.78. The first-order valence-electron chi connectivity index (χ1n) is 5.99. The van der Waals surface area contributed by atoms with Crippen molar-refractivity contribution < 1.29 is 19.4 Å². The van der Waals surface area contributed by atoms with Crippen molar-refractivity contribution in [2.75, 3.05) is 20.6 Å². The van der Waals surface area contributed by atoms with E-state index in [0.717, 1.165) is 12.8 Å². The zero-order valence-corrected chi connectivity index (χ0v) is 12.3. The molecule has 0 spiro atoms. The summed E-state index contributed by atoms with van der Waals surface area (Å²) in [7, 11) is 3.92. The zero-order chi connectivity index (χ0) is 15.2. The summed E-state index contributed by atoms with van der Waals surface area (Å²) in [4.78, 5) is 24.2. The number of carbonyl (C=O) groups excluding carboxylic acids is 1. The highest BCUT2D eigenvalue weighted by Gasteiger charge is 2.23. The standard InChI is InChI=1S/C14H23NO4/c1-10(7-14(3,4)9-15(5)6)13(18)19-8-11(2)12(16)17/h8H,1,7,9H2,2-6H3,(H,16,17). The average Bonchev–Trinajstić information content (AvgIpc) is 2.22. The Morgan fingerprint density at radius 1 is 1.37 bits per heavy atom. The summed E-state index contributed by atoms with van der Waals surface area (Å²) in [6, 6.07) is 0. The van der Waals surface area contributed by atoms with Crippen LogP contribution in [0.2, 0.25) is 0 Å². The summed E-state index contributed by atoms with van der Waals surface area (Å²) in [6.07, 6.45) is 1.43. The van der Waals surface area contributed by atoms with Gasteiger partial charge in [-0.2, -0.15) is 0 Å². The molecule has 0 aliphatic heterocycles. The maximum atomic E-state index is 11.7. The number of hydrogen-bond donors (Lipinski definition) is 1. The van der Waals surface area contributed by atoms with Crippen molar-refractivity contribution in [2.24, 2.45) is 5.41 Å². The van der Waals surface area contributed by atoms with Crippen molar-refractivity contribution in [3.63, 3.8) is 0 Å². The lowest BCUT2D eigenvalue weighted by Gasteiger charge is -2.28. The highest BCUT2D eigenvalue weighted by molar-refractivity contribution is 5.90. The molecule has 5 heteroatoms. The van der Waals surface area contributed by atoms with Crippen molar-refractivity contribution in [1.29, 1.82) is 0 Å². The number of rotatable bonds is 7. The Morgan fingerprint density at radius 2 is 1.89 bits per heavy atom. The molecule has 108 valence electrons. The number of carboxylic acid groups (broad SMARTS) is 1. The minimum absolute atomic E-state index is 0.0336. The van der Waals surface area contributed by atoms with Gasteiger partial charge in [0.15, 0.2) is 0 Å². The number of ether oxygens (including phenoxy) is 1. The molecule has 0 saturated carbocycles. The van der Waals surface area contributed by atoms with Crippen LogP contribution in [-0.2, 0) is 14.3 Å². The average molecular weight is 269 g/mol. The third-order valence-corrected chi connectivity index (χ3v) is 2.40. The maximum Gasteiger partial charge on any atom is 0.338 e. The van der Waals surface area contributed by atoms with Crippen LogP contribution >= 0.6 is 0 Å². The molecular weight excluding hydrogens is 246 g/mol. The first-order chi connectivity index (χ1) is 8.55. The molecule has 0 fully saturated rings. The van der Waals surface area contributed by atoms with Crippen molar-refractivity contribution in [3.05, 3.63) is 24.0 Å². The van der Waals surface area contributed by atoms with E-state index in [0.29, 0.717) is 12.0 Å². The number of nitrogens with zero attached hydrogens (tertiary/aromatic N) is 1. The van der Waals surface area contributed by atoms with Gasteiger partial charge in [-0.25, -0.2) is 9.59 Å². The van der Waals surface area contributed by atoms with E-state index in [-0.39, 0.29) is 11.0 Å². The van der Waals surface area contributed by atoms with Gasteiger partial charge in [0.25, 0.3) is 0 Å². The summed E-state index contributed by atoms with van der Waals surface area (Å²) in [5.41, 5.74) is 0.195. The first kappa shape index (κ1) is 17.4. The molecule has 0 aliphatic rings. The summed E-state index contributed by atoms with van der Waals surface area (Å²) in [5, 5.41) is 8.63. The van der Waals surface area contributed by atoms with Gasteiger partial charge in [0.1, 0.15) is 6.26 Å². The topological polar surface area (TPSA) is 66.8 Å². The molecule has 0 aromatic rings. The van der Waals surface area contributed by atoms with Gasteiger partial charge in [0.05, 0.1) is 5.57 Å². The Morgan fingerprint density at radius 3 is 2.32 bits per heavy atom. The minimum atomic E-state index is -1.12. The zero-order valence-electron chi connectivity index (χ0n) is 12.3. The summed E-state index contributed by atoms with van der Waals surface area (Å²) >= 11 is 0. The molecule has 0 bridgehead atoms. The monoisotopic (exact) mass is 269 g/mol. The fraction of sp³-hybridized carbons (Fsp3) is 0.571. The van der Waals surface area contributed by atoms with E-state index in [2.05, 4.69) is 6.58 Å². The predicted octanol–water partition coefficient (Wildman–Crippen LogP) is 2.05. The maximum absolute atomic E-state index is 11.7. The third-order valence-electron chi connectivity index (χ3n) is 2.40. The van der Waals surface area contributed by atoms with Crippen LogP contribution in [0.5, 0.6) is 0 Å². The van der Waals surface area contributed by atoms with E-state index >= 15 is 0 Å². The smallest absolute Gasteiger partial charge is 0.338 e. The highest BCUT2D eigenvalue weighted by Crippen LogP contribution is 2.25. The van der Waals surface area contributed by atoms with Gasteiger partial charge < -0.3 is 14.7 Å². The van der Waals surface area contributed by atoms with Crippen LogP contribution < -0.4 is 0 Å². The fourth-order valence-corrected chi connectivity index (χ4v) is 1.84. The Kier molecular flexibility index (Phi) is 6.48. The minimum Gasteiger partial charge on any atom is -0.478 e. The van der Waals surface area contributed by atoms with Gasteiger partial charge in [0.2, 0.25) is 0 Å². The Hall–Kier alpha value is -1.62. The number of hydrogen-bond acceptors (Lipinski definition) is 4. The molecule has 0 unspecified atom stereocenters. The van der Waals surface area contributed by atoms with Crippen LogP contribution in [0.4, 0.5) is 0 Å². The van der Waals surface area contributed by atoms with E-state index < -0.39 is 11.9 Å². The summed E-state index contributed by atoms with van der Waals surface area (Å²) in [6.45, 7) is 9.93.